The van der Waals surface area contributed by atoms with Gasteiger partial charge in [-0.15, -0.1) is 0 Å². The third kappa shape index (κ3) is 5.00. The van der Waals surface area contributed by atoms with Gasteiger partial charge in [-0.05, 0) is 32.9 Å². The molecule has 3 heteroatoms. The van der Waals surface area contributed by atoms with Crippen molar-refractivity contribution in [3.8, 4) is 0 Å². The van der Waals surface area contributed by atoms with Crippen molar-refractivity contribution in [1.82, 2.24) is 4.90 Å². The summed E-state index contributed by atoms with van der Waals surface area (Å²) >= 11 is 0. The van der Waals surface area contributed by atoms with Gasteiger partial charge in [0.1, 0.15) is 0 Å². The highest BCUT2D eigenvalue weighted by Crippen LogP contribution is 2.07. The zero-order chi connectivity index (χ0) is 12.8. The zero-order valence-electron chi connectivity index (χ0n) is 10.8. The van der Waals surface area contributed by atoms with Crippen LogP contribution in [0.4, 0.5) is 0 Å². The Morgan fingerprint density at radius 1 is 1.35 bits per heavy atom. The van der Waals surface area contributed by atoms with E-state index in [9.17, 15) is 4.79 Å². The number of nitrogens with zero attached hydrogens (tertiary/aromatic N) is 1. The van der Waals surface area contributed by atoms with Crippen molar-refractivity contribution in [3.05, 3.63) is 35.4 Å². The number of aliphatic carboxylic acids is 1. The average molecular weight is 235 g/mol. The van der Waals surface area contributed by atoms with Crippen molar-refractivity contribution in [1.29, 1.82) is 0 Å². The minimum absolute atomic E-state index is 0.0814. The summed E-state index contributed by atoms with van der Waals surface area (Å²) < 4.78 is 0. The van der Waals surface area contributed by atoms with E-state index < -0.39 is 5.97 Å². The summed E-state index contributed by atoms with van der Waals surface area (Å²) in [5.74, 6) is -0.736. The van der Waals surface area contributed by atoms with Crippen LogP contribution >= 0.6 is 0 Å². The molecule has 17 heavy (non-hydrogen) atoms. The Hall–Kier alpha value is -1.35. The van der Waals surface area contributed by atoms with Gasteiger partial charge < -0.3 is 10.0 Å². The number of carboxylic acids is 1. The second kappa shape index (κ2) is 6.40. The number of carboxylic acid groups (broad SMARTS) is 1. The minimum atomic E-state index is -0.736. The van der Waals surface area contributed by atoms with E-state index in [2.05, 4.69) is 36.1 Å². The van der Waals surface area contributed by atoms with Crippen LogP contribution in [-0.4, -0.2) is 35.6 Å². The van der Waals surface area contributed by atoms with Gasteiger partial charge >= 0.3 is 5.97 Å². The first-order valence-electron chi connectivity index (χ1n) is 5.96. The third-order valence-electron chi connectivity index (χ3n) is 3.10. The van der Waals surface area contributed by atoms with E-state index in [1.54, 1.807) is 0 Å². The maximum absolute atomic E-state index is 10.6. The molecular weight excluding hydrogens is 214 g/mol. The maximum atomic E-state index is 10.6. The predicted octanol–water partition coefficient (Wildman–Crippen LogP) is 2.33. The predicted molar refractivity (Wildman–Crippen MR) is 69.2 cm³/mol. The monoisotopic (exact) mass is 235 g/mol. The van der Waals surface area contributed by atoms with E-state index in [-0.39, 0.29) is 12.5 Å². The third-order valence-corrected chi connectivity index (χ3v) is 3.10. The molecule has 1 unspecified atom stereocenters. The molecule has 0 aromatic heterocycles. The quantitative estimate of drug-likeness (QED) is 0.822. The molecule has 0 fully saturated rings. The molecule has 0 saturated carbocycles. The smallest absolute Gasteiger partial charge is 0.304 e. The Bertz CT molecular complexity index is 359. The van der Waals surface area contributed by atoms with E-state index in [4.69, 9.17) is 5.11 Å². The first-order valence-corrected chi connectivity index (χ1v) is 5.96. The Balaban J connectivity index is 2.39. The van der Waals surface area contributed by atoms with Crippen LogP contribution in [0.2, 0.25) is 0 Å². The van der Waals surface area contributed by atoms with Crippen molar-refractivity contribution >= 4 is 5.97 Å². The highest BCUT2D eigenvalue weighted by Gasteiger charge is 2.12. The molecule has 1 aromatic rings. The zero-order valence-corrected chi connectivity index (χ0v) is 10.8. The Labute approximate surface area is 103 Å². The van der Waals surface area contributed by atoms with Crippen LogP contribution in [0.15, 0.2) is 24.3 Å². The normalized spacial score (nSPS) is 12.7. The van der Waals surface area contributed by atoms with Crippen LogP contribution in [0.5, 0.6) is 0 Å². The van der Waals surface area contributed by atoms with E-state index in [0.29, 0.717) is 0 Å². The number of likely N-dealkylation sites (N-methyl/N-ethyl adjacent to an activating group) is 1. The number of hydrogen-bond acceptors (Lipinski definition) is 2. The first kappa shape index (κ1) is 13.7. The van der Waals surface area contributed by atoms with E-state index in [1.807, 2.05) is 14.0 Å². The number of benzene rings is 1. The lowest BCUT2D eigenvalue weighted by Gasteiger charge is -2.23. The molecular formula is C14H21NO2. The summed E-state index contributed by atoms with van der Waals surface area (Å²) in [7, 11) is 1.97. The second-order valence-electron chi connectivity index (χ2n) is 4.66. The Morgan fingerprint density at radius 2 is 1.94 bits per heavy atom. The molecule has 1 rings (SSSR count). The number of hydrogen-bond donors (Lipinski definition) is 1. The van der Waals surface area contributed by atoms with Crippen LogP contribution in [-0.2, 0) is 11.2 Å². The van der Waals surface area contributed by atoms with Gasteiger partial charge in [0.2, 0.25) is 0 Å². The minimum Gasteiger partial charge on any atom is -0.481 e. The molecule has 0 saturated heterocycles. The topological polar surface area (TPSA) is 40.5 Å². The molecule has 0 spiro atoms. The van der Waals surface area contributed by atoms with Crippen LogP contribution in [0, 0.1) is 6.92 Å². The fraction of sp³-hybridized carbons (Fsp3) is 0.500. The van der Waals surface area contributed by atoms with Crippen molar-refractivity contribution in [2.45, 2.75) is 32.7 Å². The summed E-state index contributed by atoms with van der Waals surface area (Å²) in [5.41, 5.74) is 2.56. The summed E-state index contributed by atoms with van der Waals surface area (Å²) in [6.07, 6.45) is 1.16. The summed E-state index contributed by atoms with van der Waals surface area (Å²) in [6, 6.07) is 8.56. The van der Waals surface area contributed by atoms with E-state index in [1.165, 1.54) is 11.1 Å². The van der Waals surface area contributed by atoms with Gasteiger partial charge in [0.05, 0.1) is 6.42 Å². The molecule has 1 N–H and O–H groups in total. The van der Waals surface area contributed by atoms with E-state index >= 15 is 0 Å². The van der Waals surface area contributed by atoms with Gasteiger partial charge in [0, 0.05) is 12.6 Å². The summed E-state index contributed by atoms with van der Waals surface area (Å²) in [4.78, 5) is 12.7. The van der Waals surface area contributed by atoms with Gasteiger partial charge in [-0.2, -0.15) is 0 Å². The molecule has 3 nitrogen and oxygen atoms in total. The van der Waals surface area contributed by atoms with Crippen molar-refractivity contribution in [2.24, 2.45) is 0 Å². The van der Waals surface area contributed by atoms with Gasteiger partial charge in [-0.25, -0.2) is 0 Å². The standard InChI is InChI=1S/C14H21NO2/c1-11-4-6-13(7-5-11)8-9-15(3)12(2)10-14(16)17/h4-7,12H,8-10H2,1-3H3,(H,16,17). The lowest BCUT2D eigenvalue weighted by molar-refractivity contribution is -0.138. The number of carbonyl (C=O) groups is 1. The Morgan fingerprint density at radius 3 is 2.47 bits per heavy atom. The molecule has 1 aromatic carbocycles. The fourth-order valence-electron chi connectivity index (χ4n) is 1.69. The van der Waals surface area contributed by atoms with Crippen LogP contribution < -0.4 is 0 Å². The fourth-order valence-corrected chi connectivity index (χ4v) is 1.69. The van der Waals surface area contributed by atoms with Crippen molar-refractivity contribution in [3.63, 3.8) is 0 Å². The highest BCUT2D eigenvalue weighted by atomic mass is 16.4. The molecule has 0 aliphatic rings. The molecule has 0 aliphatic carbocycles. The van der Waals surface area contributed by atoms with Gasteiger partial charge in [-0.3, -0.25) is 4.79 Å². The number of aryl methyl sites for hydroxylation is 1. The molecule has 1 atom stereocenters. The average Bonchev–Trinajstić information content (AvgIpc) is 2.27. The van der Waals surface area contributed by atoms with Gasteiger partial charge in [0.15, 0.2) is 0 Å². The largest absolute Gasteiger partial charge is 0.481 e. The molecule has 94 valence electrons. The number of rotatable bonds is 6. The van der Waals surface area contributed by atoms with Crippen molar-refractivity contribution in [2.75, 3.05) is 13.6 Å². The Kier molecular flexibility index (Phi) is 5.16. The van der Waals surface area contributed by atoms with Gasteiger partial charge in [0.25, 0.3) is 0 Å². The first-order chi connectivity index (χ1) is 7.99. The molecule has 0 amide bonds. The molecule has 0 bridgehead atoms. The maximum Gasteiger partial charge on any atom is 0.304 e. The molecule has 0 aliphatic heterocycles. The van der Waals surface area contributed by atoms with E-state index in [0.717, 1.165) is 13.0 Å². The lowest BCUT2D eigenvalue weighted by Crippen LogP contribution is -2.32. The van der Waals surface area contributed by atoms with Crippen LogP contribution in [0.1, 0.15) is 24.5 Å². The second-order valence-corrected chi connectivity index (χ2v) is 4.66. The summed E-state index contributed by atoms with van der Waals surface area (Å²) in [5, 5.41) is 8.72. The highest BCUT2D eigenvalue weighted by molar-refractivity contribution is 5.67. The molecule has 0 radical (unpaired) electrons. The molecule has 0 heterocycles. The SMILES string of the molecule is Cc1ccc(CCN(C)C(C)CC(=O)O)cc1. The summed E-state index contributed by atoms with van der Waals surface area (Å²) in [6.45, 7) is 4.91. The lowest BCUT2D eigenvalue weighted by atomic mass is 10.1. The van der Waals surface area contributed by atoms with Gasteiger partial charge in [-0.1, -0.05) is 29.8 Å². The van der Waals surface area contributed by atoms with Crippen LogP contribution in [0.3, 0.4) is 0 Å². The van der Waals surface area contributed by atoms with Crippen LogP contribution in [0.25, 0.3) is 0 Å². The van der Waals surface area contributed by atoms with Crippen molar-refractivity contribution < 1.29 is 9.90 Å².